The molecule has 4 heterocycles. The lowest BCUT2D eigenvalue weighted by Crippen LogP contribution is -2.45. The van der Waals surface area contributed by atoms with E-state index in [9.17, 15) is 14.8 Å². The van der Waals surface area contributed by atoms with E-state index in [1.807, 2.05) is 30.3 Å². The third kappa shape index (κ3) is 4.92. The van der Waals surface area contributed by atoms with Gasteiger partial charge in [-0.25, -0.2) is 14.1 Å². The number of aliphatic hydroxyl groups is 2. The molecule has 0 aliphatic carbocycles. The zero-order valence-corrected chi connectivity index (χ0v) is 20.9. The number of ether oxygens (including phenoxy) is 2. The van der Waals surface area contributed by atoms with E-state index in [-0.39, 0.29) is 32.2 Å². The number of rotatable bonds is 9. The van der Waals surface area contributed by atoms with Gasteiger partial charge in [0.2, 0.25) is 0 Å². The summed E-state index contributed by atoms with van der Waals surface area (Å²) in [6.07, 6.45) is -1.25. The lowest BCUT2D eigenvalue weighted by molar-refractivity contribution is -0.0809. The van der Waals surface area contributed by atoms with Crippen molar-refractivity contribution in [3.05, 3.63) is 60.0 Å². The Labute approximate surface area is 212 Å². The van der Waals surface area contributed by atoms with Crippen molar-refractivity contribution in [2.45, 2.75) is 36.6 Å². The van der Waals surface area contributed by atoms with Crippen molar-refractivity contribution in [2.75, 3.05) is 32.6 Å². The topological polar surface area (TPSA) is 172 Å². The molecule has 2 aliphatic rings. The van der Waals surface area contributed by atoms with E-state index in [0.717, 1.165) is 5.56 Å². The average molecular weight is 533 g/mol. The van der Waals surface area contributed by atoms with Crippen LogP contribution in [0, 0.1) is 0 Å². The Kier molecular flexibility index (Phi) is 7.39. The standard InChI is InChI=1S/C23H28N5O8P/c1-25-13-23(19-8-7-17-22(24)26-14-27-28(17)19)21(30)20-18(35-23)12-34-37(31,36-20)33-11-16(9-29)32-10-15-5-3-2-4-6-15/h2-8,13-14,16,18,20-21,29-30H,9-12H2,1H3,(H2,24,26,27)/b25-13-/t16-,18-,20?,21?,23+,37?/m1/s1. The molecule has 0 amide bonds. The number of hydrogen-bond acceptors (Lipinski definition) is 12. The number of aromatic nitrogens is 3. The average Bonchev–Trinajstić information content (AvgIpc) is 3.46. The van der Waals surface area contributed by atoms with E-state index in [1.54, 1.807) is 12.1 Å². The van der Waals surface area contributed by atoms with Gasteiger partial charge in [-0.05, 0) is 17.7 Å². The number of aliphatic hydroxyl groups excluding tert-OH is 2. The number of fused-ring (bicyclic) bond motifs is 2. The number of hydrogen-bond donors (Lipinski definition) is 3. The van der Waals surface area contributed by atoms with Gasteiger partial charge in [-0.15, -0.1) is 0 Å². The summed E-state index contributed by atoms with van der Waals surface area (Å²) in [5.41, 5.74) is 6.32. The molecular weight excluding hydrogens is 505 g/mol. The highest BCUT2D eigenvalue weighted by molar-refractivity contribution is 7.48. The molecule has 0 saturated carbocycles. The van der Waals surface area contributed by atoms with Crippen molar-refractivity contribution in [3.8, 4) is 0 Å². The van der Waals surface area contributed by atoms with Gasteiger partial charge in [0.05, 0.1) is 32.1 Å². The maximum absolute atomic E-state index is 13.3. The molecule has 198 valence electrons. The Morgan fingerprint density at radius 1 is 1.35 bits per heavy atom. The summed E-state index contributed by atoms with van der Waals surface area (Å²) in [6.45, 7) is -0.562. The zero-order chi connectivity index (χ0) is 26.0. The fourth-order valence-corrected chi connectivity index (χ4v) is 5.87. The molecule has 2 aliphatic heterocycles. The van der Waals surface area contributed by atoms with Gasteiger partial charge in [0, 0.05) is 13.3 Å². The van der Waals surface area contributed by atoms with Gasteiger partial charge in [0.1, 0.15) is 36.3 Å². The van der Waals surface area contributed by atoms with Crippen molar-refractivity contribution < 1.29 is 37.8 Å². The van der Waals surface area contributed by atoms with Crippen LogP contribution >= 0.6 is 7.82 Å². The molecule has 1 aromatic carbocycles. The summed E-state index contributed by atoms with van der Waals surface area (Å²) in [4.78, 5) is 8.08. The van der Waals surface area contributed by atoms with Crippen LogP contribution in [0.2, 0.25) is 0 Å². The molecule has 2 fully saturated rings. The van der Waals surface area contributed by atoms with E-state index >= 15 is 0 Å². The van der Waals surface area contributed by atoms with Crippen LogP contribution in [0.5, 0.6) is 0 Å². The van der Waals surface area contributed by atoms with Crippen LogP contribution in [-0.4, -0.2) is 82.3 Å². The largest absolute Gasteiger partial charge is 0.475 e. The van der Waals surface area contributed by atoms with Crippen molar-refractivity contribution in [1.29, 1.82) is 0 Å². The monoisotopic (exact) mass is 533 g/mol. The van der Waals surface area contributed by atoms with Crippen LogP contribution in [0.25, 0.3) is 5.52 Å². The van der Waals surface area contributed by atoms with Gasteiger partial charge in [0.15, 0.2) is 11.4 Å². The van der Waals surface area contributed by atoms with Crippen LogP contribution < -0.4 is 5.73 Å². The molecule has 14 heteroatoms. The number of nitrogen functional groups attached to an aromatic ring is 1. The number of benzene rings is 1. The number of aliphatic imine (C=N–C) groups is 1. The molecule has 0 spiro atoms. The number of anilines is 1. The van der Waals surface area contributed by atoms with Crippen molar-refractivity contribution in [2.24, 2.45) is 4.99 Å². The third-order valence-electron chi connectivity index (χ3n) is 6.26. The Balaban J connectivity index is 1.31. The second-order valence-corrected chi connectivity index (χ2v) is 10.3. The Morgan fingerprint density at radius 3 is 2.92 bits per heavy atom. The highest BCUT2D eigenvalue weighted by Crippen LogP contribution is 2.58. The second-order valence-electron chi connectivity index (χ2n) is 8.65. The van der Waals surface area contributed by atoms with Gasteiger partial charge in [0.25, 0.3) is 0 Å². The van der Waals surface area contributed by atoms with E-state index in [1.165, 1.54) is 24.1 Å². The minimum absolute atomic E-state index is 0.173. The van der Waals surface area contributed by atoms with Crippen LogP contribution in [0.15, 0.2) is 53.8 Å². The molecular formula is C23H28N5O8P. The highest BCUT2D eigenvalue weighted by Gasteiger charge is 2.61. The molecule has 6 atom stereocenters. The maximum atomic E-state index is 13.3. The summed E-state index contributed by atoms with van der Waals surface area (Å²) in [6, 6.07) is 12.8. The summed E-state index contributed by atoms with van der Waals surface area (Å²) in [7, 11) is -2.58. The zero-order valence-electron chi connectivity index (χ0n) is 20.0. The SMILES string of the molecule is C/N=C\[C@@]1(c2ccc3c(N)ncnn23)O[C@@H]2COP(=O)(OC[C@@H](CO)OCc3ccccc3)OC2C1O. The predicted octanol–water partition coefficient (Wildman–Crippen LogP) is 1.08. The molecule has 5 rings (SSSR count). The number of nitrogens with zero attached hydrogens (tertiary/aromatic N) is 4. The van der Waals surface area contributed by atoms with Gasteiger partial charge in [-0.1, -0.05) is 30.3 Å². The predicted molar refractivity (Wildman–Crippen MR) is 131 cm³/mol. The van der Waals surface area contributed by atoms with Gasteiger partial charge >= 0.3 is 7.82 Å². The molecule has 13 nitrogen and oxygen atoms in total. The van der Waals surface area contributed by atoms with Crippen LogP contribution in [0.4, 0.5) is 5.82 Å². The first-order chi connectivity index (χ1) is 17.9. The molecule has 0 bridgehead atoms. The fourth-order valence-electron chi connectivity index (χ4n) is 4.44. The summed E-state index contributed by atoms with van der Waals surface area (Å²) in [5.74, 6) is 0.250. The molecule has 2 saturated heterocycles. The number of nitrogens with two attached hydrogens (primary N) is 1. The minimum atomic E-state index is -4.12. The van der Waals surface area contributed by atoms with Crippen molar-refractivity contribution in [3.63, 3.8) is 0 Å². The summed E-state index contributed by atoms with van der Waals surface area (Å²) in [5, 5.41) is 25.3. The van der Waals surface area contributed by atoms with Crippen LogP contribution in [0.1, 0.15) is 11.3 Å². The minimum Gasteiger partial charge on any atom is -0.394 e. The van der Waals surface area contributed by atoms with E-state index in [4.69, 9.17) is 28.8 Å². The van der Waals surface area contributed by atoms with Crippen LogP contribution in [0.3, 0.4) is 0 Å². The van der Waals surface area contributed by atoms with Gasteiger partial charge < -0.3 is 25.4 Å². The highest BCUT2D eigenvalue weighted by atomic mass is 31.2. The van der Waals surface area contributed by atoms with E-state index in [0.29, 0.717) is 11.2 Å². The summed E-state index contributed by atoms with van der Waals surface area (Å²) < 4.78 is 43.2. The molecule has 0 radical (unpaired) electrons. The number of phosphoric acid groups is 1. The van der Waals surface area contributed by atoms with Gasteiger partial charge in [-0.2, -0.15) is 5.10 Å². The Morgan fingerprint density at radius 2 is 2.16 bits per heavy atom. The van der Waals surface area contributed by atoms with Crippen molar-refractivity contribution in [1.82, 2.24) is 14.6 Å². The van der Waals surface area contributed by atoms with Gasteiger partial charge in [-0.3, -0.25) is 18.6 Å². The second kappa shape index (κ2) is 10.6. The lowest BCUT2D eigenvalue weighted by Gasteiger charge is -2.31. The molecule has 3 aromatic rings. The summed E-state index contributed by atoms with van der Waals surface area (Å²) >= 11 is 0. The quantitative estimate of drug-likeness (QED) is 0.265. The van der Waals surface area contributed by atoms with E-state index in [2.05, 4.69) is 15.1 Å². The first kappa shape index (κ1) is 25.9. The molecule has 4 N–H and O–H groups in total. The maximum Gasteiger partial charge on any atom is 0.475 e. The molecule has 37 heavy (non-hydrogen) atoms. The molecule has 2 aromatic heterocycles. The molecule has 3 unspecified atom stereocenters. The van der Waals surface area contributed by atoms with E-state index < -0.39 is 37.8 Å². The normalized spacial score (nSPS) is 30.6. The first-order valence-electron chi connectivity index (χ1n) is 11.6. The Bertz CT molecular complexity index is 1310. The number of phosphoric ester groups is 1. The Hall–Kier alpha value is -2.74. The third-order valence-corrected chi connectivity index (χ3v) is 7.70. The lowest BCUT2D eigenvalue weighted by atomic mass is 9.92. The smallest absolute Gasteiger partial charge is 0.394 e. The van der Waals surface area contributed by atoms with Crippen LogP contribution in [-0.2, 0) is 39.8 Å². The first-order valence-corrected chi connectivity index (χ1v) is 13.1. The fraction of sp³-hybridized carbons (Fsp3) is 0.435. The van der Waals surface area contributed by atoms with Crippen molar-refractivity contribution >= 4 is 25.4 Å².